The summed E-state index contributed by atoms with van der Waals surface area (Å²) in [6.45, 7) is 4.73. The van der Waals surface area contributed by atoms with Crippen molar-refractivity contribution in [3.8, 4) is 5.75 Å². The monoisotopic (exact) mass is 284 g/mol. The third kappa shape index (κ3) is 2.08. The van der Waals surface area contributed by atoms with Crippen LogP contribution >= 0.6 is 11.3 Å². The molecular weight excluding hydrogens is 268 g/mol. The molecule has 0 amide bonds. The molecule has 0 aliphatic rings. The van der Waals surface area contributed by atoms with Crippen LogP contribution in [0.15, 0.2) is 41.2 Å². The molecule has 0 saturated heterocycles. The van der Waals surface area contributed by atoms with Gasteiger partial charge < -0.3 is 4.74 Å². The molecule has 0 radical (unpaired) electrons. The molecule has 3 rings (SSSR count). The third-order valence-electron chi connectivity index (χ3n) is 3.35. The molecule has 0 saturated carbocycles. The normalized spacial score (nSPS) is 11.1. The highest BCUT2D eigenvalue weighted by atomic mass is 32.1. The molecular formula is C17H16O2S. The second-order valence-corrected chi connectivity index (χ2v) is 5.91. The first-order valence-corrected chi connectivity index (χ1v) is 7.62. The summed E-state index contributed by atoms with van der Waals surface area (Å²) >= 11 is 1.66. The van der Waals surface area contributed by atoms with Crippen LogP contribution in [-0.4, -0.2) is 6.61 Å². The standard InChI is InChI=1S/C17H16O2S/c1-3-10-19-13-9-8-11(2)17-15(13)16(18)12-6-4-5-7-14(12)20-17/h4-9H,3,10H2,1-2H3. The fourth-order valence-corrected chi connectivity index (χ4v) is 3.50. The Balaban J connectivity index is 2.41. The smallest absolute Gasteiger partial charge is 0.199 e. The third-order valence-corrected chi connectivity index (χ3v) is 4.65. The maximum atomic E-state index is 12.8. The van der Waals surface area contributed by atoms with Gasteiger partial charge in [-0.2, -0.15) is 0 Å². The van der Waals surface area contributed by atoms with Crippen molar-refractivity contribution in [2.24, 2.45) is 0 Å². The van der Waals surface area contributed by atoms with Crippen molar-refractivity contribution in [1.82, 2.24) is 0 Å². The van der Waals surface area contributed by atoms with Crippen molar-refractivity contribution >= 4 is 31.5 Å². The number of ether oxygens (including phenoxy) is 1. The van der Waals surface area contributed by atoms with Gasteiger partial charge in [-0.1, -0.05) is 25.1 Å². The largest absolute Gasteiger partial charge is 0.493 e. The molecule has 20 heavy (non-hydrogen) atoms. The minimum absolute atomic E-state index is 0.0733. The Hall–Kier alpha value is -1.87. The Morgan fingerprint density at radius 3 is 2.75 bits per heavy atom. The predicted octanol–water partition coefficient (Wildman–Crippen LogP) is 4.51. The van der Waals surface area contributed by atoms with Crippen LogP contribution in [0.25, 0.3) is 20.2 Å². The zero-order valence-electron chi connectivity index (χ0n) is 11.6. The molecule has 1 aromatic heterocycles. The molecule has 0 N–H and O–H groups in total. The highest BCUT2D eigenvalue weighted by Gasteiger charge is 2.12. The summed E-state index contributed by atoms with van der Waals surface area (Å²) in [7, 11) is 0. The number of aryl methyl sites for hydroxylation is 1. The van der Waals surface area contributed by atoms with Gasteiger partial charge in [-0.25, -0.2) is 0 Å². The van der Waals surface area contributed by atoms with E-state index in [1.807, 2.05) is 43.3 Å². The average Bonchev–Trinajstić information content (AvgIpc) is 2.47. The van der Waals surface area contributed by atoms with Crippen molar-refractivity contribution < 1.29 is 4.74 Å². The fraction of sp³-hybridized carbons (Fsp3) is 0.235. The second kappa shape index (κ2) is 5.25. The Kier molecular flexibility index (Phi) is 3.45. The minimum Gasteiger partial charge on any atom is -0.493 e. The lowest BCUT2D eigenvalue weighted by Gasteiger charge is -2.10. The molecule has 0 atom stereocenters. The van der Waals surface area contributed by atoms with Crippen LogP contribution in [0.1, 0.15) is 18.9 Å². The van der Waals surface area contributed by atoms with Crippen LogP contribution in [0.3, 0.4) is 0 Å². The number of hydrogen-bond donors (Lipinski definition) is 0. The fourth-order valence-electron chi connectivity index (χ4n) is 2.34. The molecule has 0 aliphatic carbocycles. The highest BCUT2D eigenvalue weighted by Crippen LogP contribution is 2.32. The van der Waals surface area contributed by atoms with Gasteiger partial charge in [0.2, 0.25) is 0 Å². The molecule has 0 unspecified atom stereocenters. The average molecular weight is 284 g/mol. The number of hydrogen-bond acceptors (Lipinski definition) is 3. The summed E-state index contributed by atoms with van der Waals surface area (Å²) in [4.78, 5) is 12.8. The van der Waals surface area contributed by atoms with E-state index in [-0.39, 0.29) is 5.43 Å². The number of rotatable bonds is 3. The van der Waals surface area contributed by atoms with Crippen molar-refractivity contribution in [2.45, 2.75) is 20.3 Å². The van der Waals surface area contributed by atoms with Crippen LogP contribution < -0.4 is 10.2 Å². The maximum Gasteiger partial charge on any atom is 0.199 e. The molecule has 0 fully saturated rings. The van der Waals surface area contributed by atoms with Gasteiger partial charge in [-0.05, 0) is 37.1 Å². The first-order valence-electron chi connectivity index (χ1n) is 6.80. The van der Waals surface area contributed by atoms with E-state index in [2.05, 4.69) is 6.92 Å². The lowest BCUT2D eigenvalue weighted by molar-refractivity contribution is 0.321. The van der Waals surface area contributed by atoms with E-state index in [1.54, 1.807) is 11.3 Å². The van der Waals surface area contributed by atoms with Crippen molar-refractivity contribution in [3.63, 3.8) is 0 Å². The summed E-state index contributed by atoms with van der Waals surface area (Å²) in [5.74, 6) is 0.708. The molecule has 2 nitrogen and oxygen atoms in total. The summed E-state index contributed by atoms with van der Waals surface area (Å²) < 4.78 is 7.82. The lowest BCUT2D eigenvalue weighted by atomic mass is 10.1. The Bertz CT molecular complexity index is 833. The number of fused-ring (bicyclic) bond motifs is 2. The van der Waals surface area contributed by atoms with Crippen LogP contribution in [0, 0.1) is 6.92 Å². The van der Waals surface area contributed by atoms with Crippen molar-refractivity contribution in [1.29, 1.82) is 0 Å². The van der Waals surface area contributed by atoms with Gasteiger partial charge >= 0.3 is 0 Å². The van der Waals surface area contributed by atoms with Crippen molar-refractivity contribution in [2.75, 3.05) is 6.61 Å². The molecule has 0 bridgehead atoms. The lowest BCUT2D eigenvalue weighted by Crippen LogP contribution is -2.05. The topological polar surface area (TPSA) is 26.3 Å². The Labute approximate surface area is 121 Å². The Morgan fingerprint density at radius 2 is 1.95 bits per heavy atom. The van der Waals surface area contributed by atoms with E-state index >= 15 is 0 Å². The minimum atomic E-state index is 0.0733. The summed E-state index contributed by atoms with van der Waals surface area (Å²) in [6.07, 6.45) is 0.931. The van der Waals surface area contributed by atoms with Gasteiger partial charge in [0.15, 0.2) is 5.43 Å². The van der Waals surface area contributed by atoms with E-state index in [0.29, 0.717) is 12.4 Å². The van der Waals surface area contributed by atoms with Crippen molar-refractivity contribution in [3.05, 3.63) is 52.2 Å². The van der Waals surface area contributed by atoms with Gasteiger partial charge in [-0.15, -0.1) is 11.3 Å². The zero-order chi connectivity index (χ0) is 14.1. The zero-order valence-corrected chi connectivity index (χ0v) is 12.4. The molecule has 2 aromatic carbocycles. The quantitative estimate of drug-likeness (QED) is 0.661. The molecule has 0 aliphatic heterocycles. The van der Waals surface area contributed by atoms with Crippen LogP contribution in [0.5, 0.6) is 5.75 Å². The summed E-state index contributed by atoms with van der Waals surface area (Å²) in [5.41, 5.74) is 1.20. The van der Waals surface area contributed by atoms with Gasteiger partial charge in [0.05, 0.1) is 12.0 Å². The summed E-state index contributed by atoms with van der Waals surface area (Å²) in [6, 6.07) is 11.7. The number of benzene rings is 2. The Morgan fingerprint density at radius 1 is 1.15 bits per heavy atom. The van der Waals surface area contributed by atoms with Crippen LogP contribution in [0.4, 0.5) is 0 Å². The van der Waals surface area contributed by atoms with Crippen LogP contribution in [-0.2, 0) is 0 Å². The van der Waals surface area contributed by atoms with E-state index in [9.17, 15) is 4.79 Å². The maximum absolute atomic E-state index is 12.8. The van der Waals surface area contributed by atoms with Gasteiger partial charge in [0.1, 0.15) is 5.75 Å². The van der Waals surface area contributed by atoms with Gasteiger partial charge in [0, 0.05) is 14.8 Å². The SMILES string of the molecule is CCCOc1ccc(C)c2sc3ccccc3c(=O)c12. The van der Waals surface area contributed by atoms with E-state index in [0.717, 1.165) is 32.2 Å². The van der Waals surface area contributed by atoms with E-state index < -0.39 is 0 Å². The van der Waals surface area contributed by atoms with Crippen LogP contribution in [0.2, 0.25) is 0 Å². The first kappa shape index (κ1) is 13.1. The molecule has 3 heteroatoms. The molecule has 1 heterocycles. The highest BCUT2D eigenvalue weighted by molar-refractivity contribution is 7.24. The summed E-state index contributed by atoms with van der Waals surface area (Å²) in [5, 5.41) is 1.50. The molecule has 102 valence electrons. The predicted molar refractivity (Wildman–Crippen MR) is 86.1 cm³/mol. The molecule has 3 aromatic rings. The van der Waals surface area contributed by atoms with E-state index in [4.69, 9.17) is 4.74 Å². The second-order valence-electron chi connectivity index (χ2n) is 4.86. The van der Waals surface area contributed by atoms with E-state index in [1.165, 1.54) is 0 Å². The van der Waals surface area contributed by atoms with Gasteiger partial charge in [-0.3, -0.25) is 4.79 Å². The van der Waals surface area contributed by atoms with Gasteiger partial charge in [0.25, 0.3) is 0 Å². The first-order chi connectivity index (χ1) is 9.72. The molecule has 0 spiro atoms.